The molecule has 0 unspecified atom stereocenters. The van der Waals surface area contributed by atoms with Crippen LogP contribution in [0.25, 0.3) is 0 Å². The SMILES string of the molecule is CCCOc1ccc(N=Cc2ccccc2)cc1. The lowest BCUT2D eigenvalue weighted by atomic mass is 10.2. The summed E-state index contributed by atoms with van der Waals surface area (Å²) in [7, 11) is 0. The first-order valence-corrected chi connectivity index (χ1v) is 6.20. The molecular weight excluding hydrogens is 222 g/mol. The van der Waals surface area contributed by atoms with Crippen LogP contribution in [0.4, 0.5) is 5.69 Å². The van der Waals surface area contributed by atoms with Gasteiger partial charge in [-0.15, -0.1) is 0 Å². The number of aliphatic imine (C=N–C) groups is 1. The molecule has 0 N–H and O–H groups in total. The lowest BCUT2D eigenvalue weighted by Crippen LogP contribution is -1.93. The van der Waals surface area contributed by atoms with Crippen molar-refractivity contribution in [3.63, 3.8) is 0 Å². The zero-order chi connectivity index (χ0) is 12.6. The minimum atomic E-state index is 0.757. The molecule has 0 spiro atoms. The molecule has 0 atom stereocenters. The minimum Gasteiger partial charge on any atom is -0.494 e. The van der Waals surface area contributed by atoms with E-state index in [0.717, 1.165) is 30.0 Å². The van der Waals surface area contributed by atoms with Crippen molar-refractivity contribution in [2.24, 2.45) is 4.99 Å². The topological polar surface area (TPSA) is 21.6 Å². The van der Waals surface area contributed by atoms with Crippen molar-refractivity contribution in [1.82, 2.24) is 0 Å². The van der Waals surface area contributed by atoms with Gasteiger partial charge in [0.05, 0.1) is 12.3 Å². The van der Waals surface area contributed by atoms with Crippen LogP contribution in [0.1, 0.15) is 18.9 Å². The molecule has 0 aromatic heterocycles. The number of rotatable bonds is 5. The molecule has 92 valence electrons. The molecule has 0 amide bonds. The van der Waals surface area contributed by atoms with E-state index in [9.17, 15) is 0 Å². The van der Waals surface area contributed by atoms with Crippen LogP contribution in [0, 0.1) is 0 Å². The van der Waals surface area contributed by atoms with Crippen molar-refractivity contribution in [1.29, 1.82) is 0 Å². The van der Waals surface area contributed by atoms with Crippen molar-refractivity contribution in [2.45, 2.75) is 13.3 Å². The van der Waals surface area contributed by atoms with E-state index in [1.165, 1.54) is 0 Å². The molecule has 2 aromatic rings. The summed E-state index contributed by atoms with van der Waals surface area (Å²) in [6, 6.07) is 17.9. The Balaban J connectivity index is 2.00. The molecule has 2 heteroatoms. The summed E-state index contributed by atoms with van der Waals surface area (Å²) in [5, 5.41) is 0. The highest BCUT2D eigenvalue weighted by atomic mass is 16.5. The standard InChI is InChI=1S/C16H17NO/c1-2-12-18-16-10-8-15(9-11-16)17-13-14-6-4-3-5-7-14/h3-11,13H,2,12H2,1H3. The van der Waals surface area contributed by atoms with Crippen LogP contribution < -0.4 is 4.74 Å². The molecule has 0 heterocycles. The van der Waals surface area contributed by atoms with Crippen molar-refractivity contribution >= 4 is 11.9 Å². The average molecular weight is 239 g/mol. The third-order valence-electron chi connectivity index (χ3n) is 2.47. The first kappa shape index (κ1) is 12.4. The van der Waals surface area contributed by atoms with Gasteiger partial charge in [-0.25, -0.2) is 0 Å². The molecular formula is C16H17NO. The Morgan fingerprint density at radius 3 is 2.39 bits per heavy atom. The van der Waals surface area contributed by atoms with Gasteiger partial charge in [-0.05, 0) is 36.2 Å². The Hall–Kier alpha value is -2.09. The summed E-state index contributed by atoms with van der Waals surface area (Å²) in [6.07, 6.45) is 2.88. The highest BCUT2D eigenvalue weighted by Crippen LogP contribution is 2.18. The van der Waals surface area contributed by atoms with Crippen LogP contribution >= 0.6 is 0 Å². The van der Waals surface area contributed by atoms with E-state index in [1.807, 2.05) is 60.8 Å². The van der Waals surface area contributed by atoms with E-state index < -0.39 is 0 Å². The van der Waals surface area contributed by atoms with Crippen LogP contribution in [0.3, 0.4) is 0 Å². The van der Waals surface area contributed by atoms with Gasteiger partial charge in [0, 0.05) is 6.21 Å². The lowest BCUT2D eigenvalue weighted by Gasteiger charge is -2.03. The van der Waals surface area contributed by atoms with Crippen LogP contribution in [-0.4, -0.2) is 12.8 Å². The summed E-state index contributed by atoms with van der Waals surface area (Å²) in [5.41, 5.74) is 2.03. The molecule has 18 heavy (non-hydrogen) atoms. The van der Waals surface area contributed by atoms with Crippen molar-refractivity contribution in [3.8, 4) is 5.75 Å². The Labute approximate surface area is 108 Å². The average Bonchev–Trinajstić information content (AvgIpc) is 2.45. The fourth-order valence-electron chi connectivity index (χ4n) is 1.54. The lowest BCUT2D eigenvalue weighted by molar-refractivity contribution is 0.317. The quantitative estimate of drug-likeness (QED) is 0.716. The first-order chi connectivity index (χ1) is 8.88. The molecule has 0 aliphatic heterocycles. The number of benzene rings is 2. The second-order valence-electron chi connectivity index (χ2n) is 4.01. The van der Waals surface area contributed by atoms with Gasteiger partial charge in [0.25, 0.3) is 0 Å². The van der Waals surface area contributed by atoms with Gasteiger partial charge in [0.2, 0.25) is 0 Å². The van der Waals surface area contributed by atoms with Gasteiger partial charge in [0.1, 0.15) is 5.75 Å². The Kier molecular flexibility index (Phi) is 4.53. The summed E-state index contributed by atoms with van der Waals surface area (Å²) < 4.78 is 5.52. The van der Waals surface area contributed by atoms with E-state index in [-0.39, 0.29) is 0 Å². The summed E-state index contributed by atoms with van der Waals surface area (Å²) in [5.74, 6) is 0.899. The number of hydrogen-bond acceptors (Lipinski definition) is 2. The zero-order valence-electron chi connectivity index (χ0n) is 10.5. The van der Waals surface area contributed by atoms with Crippen molar-refractivity contribution in [2.75, 3.05) is 6.61 Å². The summed E-state index contributed by atoms with van der Waals surface area (Å²) >= 11 is 0. The van der Waals surface area contributed by atoms with Gasteiger partial charge in [0.15, 0.2) is 0 Å². The Morgan fingerprint density at radius 2 is 1.72 bits per heavy atom. The van der Waals surface area contributed by atoms with E-state index in [0.29, 0.717) is 0 Å². The largest absolute Gasteiger partial charge is 0.494 e. The summed E-state index contributed by atoms with van der Waals surface area (Å²) in [6.45, 7) is 2.85. The van der Waals surface area contributed by atoms with Gasteiger partial charge in [-0.1, -0.05) is 37.3 Å². The maximum atomic E-state index is 5.52. The Morgan fingerprint density at radius 1 is 1.00 bits per heavy atom. The molecule has 0 aliphatic rings. The fraction of sp³-hybridized carbons (Fsp3) is 0.188. The molecule has 0 aliphatic carbocycles. The molecule has 0 fully saturated rings. The van der Waals surface area contributed by atoms with Gasteiger partial charge in [-0.3, -0.25) is 4.99 Å². The fourth-order valence-corrected chi connectivity index (χ4v) is 1.54. The number of hydrogen-bond donors (Lipinski definition) is 0. The molecule has 0 bridgehead atoms. The predicted octanol–water partition coefficient (Wildman–Crippen LogP) is 4.23. The normalized spacial score (nSPS) is 10.7. The molecule has 2 aromatic carbocycles. The smallest absolute Gasteiger partial charge is 0.119 e. The monoisotopic (exact) mass is 239 g/mol. The zero-order valence-corrected chi connectivity index (χ0v) is 10.5. The molecule has 2 nitrogen and oxygen atoms in total. The van der Waals surface area contributed by atoms with Gasteiger partial charge < -0.3 is 4.74 Å². The van der Waals surface area contributed by atoms with Gasteiger partial charge in [-0.2, -0.15) is 0 Å². The van der Waals surface area contributed by atoms with Crippen LogP contribution in [0.2, 0.25) is 0 Å². The third-order valence-corrected chi connectivity index (χ3v) is 2.47. The number of nitrogens with zero attached hydrogens (tertiary/aromatic N) is 1. The third kappa shape index (κ3) is 3.74. The molecule has 0 saturated carbocycles. The maximum absolute atomic E-state index is 5.52. The highest BCUT2D eigenvalue weighted by molar-refractivity contribution is 5.81. The summed E-state index contributed by atoms with van der Waals surface area (Å²) in [4.78, 5) is 4.42. The highest BCUT2D eigenvalue weighted by Gasteiger charge is 1.93. The van der Waals surface area contributed by atoms with E-state index in [1.54, 1.807) is 0 Å². The molecule has 0 saturated heterocycles. The van der Waals surface area contributed by atoms with Crippen molar-refractivity contribution in [3.05, 3.63) is 60.2 Å². The van der Waals surface area contributed by atoms with E-state index >= 15 is 0 Å². The van der Waals surface area contributed by atoms with Crippen molar-refractivity contribution < 1.29 is 4.74 Å². The Bertz CT molecular complexity index is 488. The van der Waals surface area contributed by atoms with E-state index in [4.69, 9.17) is 4.74 Å². The second kappa shape index (κ2) is 6.60. The predicted molar refractivity (Wildman–Crippen MR) is 75.9 cm³/mol. The molecule has 0 radical (unpaired) electrons. The van der Waals surface area contributed by atoms with E-state index in [2.05, 4.69) is 11.9 Å². The van der Waals surface area contributed by atoms with Crippen LogP contribution in [0.5, 0.6) is 5.75 Å². The maximum Gasteiger partial charge on any atom is 0.119 e. The van der Waals surface area contributed by atoms with Crippen LogP contribution in [0.15, 0.2) is 59.6 Å². The minimum absolute atomic E-state index is 0.757. The first-order valence-electron chi connectivity index (χ1n) is 6.20. The number of ether oxygens (including phenoxy) is 1. The van der Waals surface area contributed by atoms with Crippen LogP contribution in [-0.2, 0) is 0 Å². The van der Waals surface area contributed by atoms with Gasteiger partial charge >= 0.3 is 0 Å². The second-order valence-corrected chi connectivity index (χ2v) is 4.01. The molecule has 2 rings (SSSR count).